The van der Waals surface area contributed by atoms with Crippen molar-refractivity contribution in [2.45, 2.75) is 6.92 Å². The van der Waals surface area contributed by atoms with E-state index in [1.165, 1.54) is 22.1 Å². The van der Waals surface area contributed by atoms with E-state index >= 15 is 0 Å². The van der Waals surface area contributed by atoms with Crippen molar-refractivity contribution in [2.75, 3.05) is 0 Å². The summed E-state index contributed by atoms with van der Waals surface area (Å²) in [5.74, 6) is 0. The first-order chi connectivity index (χ1) is 12.2. The second kappa shape index (κ2) is 5.08. The van der Waals surface area contributed by atoms with E-state index in [-0.39, 0.29) is 0 Å². The third-order valence-corrected chi connectivity index (χ3v) is 4.97. The highest BCUT2D eigenvalue weighted by molar-refractivity contribution is 6.18. The minimum Gasteiger partial charge on any atom is -0.359 e. The van der Waals surface area contributed by atoms with Crippen LogP contribution in [0.25, 0.3) is 43.8 Å². The van der Waals surface area contributed by atoms with Crippen molar-refractivity contribution < 1.29 is 4.79 Å². The van der Waals surface area contributed by atoms with Gasteiger partial charge in [-0.2, -0.15) is 0 Å². The van der Waals surface area contributed by atoms with Gasteiger partial charge in [-0.3, -0.25) is 4.79 Å². The van der Waals surface area contributed by atoms with Crippen LogP contribution in [0.2, 0.25) is 0 Å². The Balaban J connectivity index is 1.79. The minimum absolute atomic E-state index is 0.691. The van der Waals surface area contributed by atoms with E-state index in [9.17, 15) is 4.79 Å². The number of H-pyrrole nitrogens is 2. The van der Waals surface area contributed by atoms with E-state index < -0.39 is 0 Å². The van der Waals surface area contributed by atoms with Crippen LogP contribution in [-0.2, 0) is 0 Å². The standard InChI is InChI=1S/C22H16N2O/c1-13-2-4-14(5-3-13)15-6-9-20-19(10-15)18-8-7-17-16(12-25)11-23-21(17)22(18)24-20/h2-12,23-24H,1H3. The highest BCUT2D eigenvalue weighted by Gasteiger charge is 2.12. The summed E-state index contributed by atoms with van der Waals surface area (Å²) in [5.41, 5.74) is 7.49. The van der Waals surface area contributed by atoms with E-state index in [0.29, 0.717) is 5.56 Å². The Morgan fingerprint density at radius 1 is 0.800 bits per heavy atom. The van der Waals surface area contributed by atoms with Gasteiger partial charge in [0, 0.05) is 33.4 Å². The summed E-state index contributed by atoms with van der Waals surface area (Å²) < 4.78 is 0. The lowest BCUT2D eigenvalue weighted by molar-refractivity contribution is 0.112. The maximum absolute atomic E-state index is 11.2. The number of aldehydes is 1. The third kappa shape index (κ3) is 2.02. The van der Waals surface area contributed by atoms with Crippen molar-refractivity contribution in [3.63, 3.8) is 0 Å². The molecular weight excluding hydrogens is 308 g/mol. The van der Waals surface area contributed by atoms with Crippen molar-refractivity contribution in [3.8, 4) is 11.1 Å². The molecule has 0 aliphatic rings. The quantitative estimate of drug-likeness (QED) is 0.409. The van der Waals surface area contributed by atoms with E-state index in [1.807, 2.05) is 6.07 Å². The van der Waals surface area contributed by atoms with Crippen LogP contribution >= 0.6 is 0 Å². The summed E-state index contributed by atoms with van der Waals surface area (Å²) in [6, 6.07) is 19.2. The highest BCUT2D eigenvalue weighted by atomic mass is 16.1. The molecule has 25 heavy (non-hydrogen) atoms. The molecular formula is C22H16N2O. The lowest BCUT2D eigenvalue weighted by Crippen LogP contribution is -1.79. The lowest BCUT2D eigenvalue weighted by Gasteiger charge is -2.03. The van der Waals surface area contributed by atoms with Gasteiger partial charge in [-0.05, 0) is 30.2 Å². The van der Waals surface area contributed by atoms with E-state index in [0.717, 1.165) is 33.6 Å². The topological polar surface area (TPSA) is 48.6 Å². The van der Waals surface area contributed by atoms with Gasteiger partial charge in [-0.1, -0.05) is 48.0 Å². The van der Waals surface area contributed by atoms with E-state index in [2.05, 4.69) is 65.4 Å². The number of carbonyl (C=O) groups excluding carboxylic acids is 1. The fourth-order valence-corrected chi connectivity index (χ4v) is 3.61. The second-order valence-corrected chi connectivity index (χ2v) is 6.52. The average molecular weight is 324 g/mol. The molecule has 3 nitrogen and oxygen atoms in total. The molecule has 2 aromatic heterocycles. The Kier molecular flexibility index (Phi) is 2.86. The number of rotatable bonds is 2. The molecule has 0 atom stereocenters. The van der Waals surface area contributed by atoms with E-state index in [1.54, 1.807) is 6.20 Å². The predicted molar refractivity (Wildman–Crippen MR) is 103 cm³/mol. The fraction of sp³-hybridized carbons (Fsp3) is 0.0455. The van der Waals surface area contributed by atoms with Crippen molar-refractivity contribution in [1.82, 2.24) is 9.97 Å². The Labute approximate surface area is 144 Å². The average Bonchev–Trinajstić information content (AvgIpc) is 3.22. The Morgan fingerprint density at radius 2 is 1.56 bits per heavy atom. The molecule has 3 heteroatoms. The fourth-order valence-electron chi connectivity index (χ4n) is 3.61. The molecule has 3 aromatic carbocycles. The summed E-state index contributed by atoms with van der Waals surface area (Å²) >= 11 is 0. The zero-order valence-electron chi connectivity index (χ0n) is 13.8. The largest absolute Gasteiger partial charge is 0.359 e. The van der Waals surface area contributed by atoms with Crippen LogP contribution in [0.1, 0.15) is 15.9 Å². The van der Waals surface area contributed by atoms with Gasteiger partial charge >= 0.3 is 0 Å². The molecule has 5 rings (SSSR count). The molecule has 0 unspecified atom stereocenters. The van der Waals surface area contributed by atoms with Gasteiger partial charge in [0.2, 0.25) is 0 Å². The van der Waals surface area contributed by atoms with Crippen LogP contribution in [-0.4, -0.2) is 16.3 Å². The SMILES string of the molecule is Cc1ccc(-c2ccc3[nH]c4c(ccc5c(C=O)c[nH]c54)c3c2)cc1. The van der Waals surface area contributed by atoms with Gasteiger partial charge in [-0.25, -0.2) is 0 Å². The number of aromatic amines is 2. The first-order valence-corrected chi connectivity index (χ1v) is 8.32. The molecule has 120 valence electrons. The summed E-state index contributed by atoms with van der Waals surface area (Å²) in [7, 11) is 0. The number of carbonyl (C=O) groups is 1. The van der Waals surface area contributed by atoms with Crippen molar-refractivity contribution in [2.24, 2.45) is 0 Å². The van der Waals surface area contributed by atoms with Gasteiger partial charge in [0.25, 0.3) is 0 Å². The van der Waals surface area contributed by atoms with Crippen molar-refractivity contribution in [3.05, 3.63) is 71.9 Å². The predicted octanol–water partition coefficient (Wildman–Crippen LogP) is 5.59. The summed E-state index contributed by atoms with van der Waals surface area (Å²) in [6.07, 6.45) is 2.66. The Morgan fingerprint density at radius 3 is 2.36 bits per heavy atom. The van der Waals surface area contributed by atoms with Gasteiger partial charge in [-0.15, -0.1) is 0 Å². The van der Waals surface area contributed by atoms with Gasteiger partial charge in [0.05, 0.1) is 11.0 Å². The minimum atomic E-state index is 0.691. The van der Waals surface area contributed by atoms with Crippen LogP contribution in [0.3, 0.4) is 0 Å². The molecule has 0 fully saturated rings. The first kappa shape index (κ1) is 14.1. The molecule has 2 heterocycles. The maximum atomic E-state index is 11.2. The van der Waals surface area contributed by atoms with Crippen LogP contribution in [0.5, 0.6) is 0 Å². The zero-order valence-corrected chi connectivity index (χ0v) is 13.8. The number of fused-ring (bicyclic) bond motifs is 5. The summed E-state index contributed by atoms with van der Waals surface area (Å²) in [5, 5.41) is 3.31. The molecule has 2 N–H and O–H groups in total. The number of hydrogen-bond donors (Lipinski definition) is 2. The number of aromatic nitrogens is 2. The monoisotopic (exact) mass is 324 g/mol. The Hall–Kier alpha value is -3.33. The van der Waals surface area contributed by atoms with Crippen molar-refractivity contribution in [1.29, 1.82) is 0 Å². The molecule has 0 aliphatic heterocycles. The van der Waals surface area contributed by atoms with Crippen LogP contribution in [0.15, 0.2) is 60.8 Å². The van der Waals surface area contributed by atoms with E-state index in [4.69, 9.17) is 0 Å². The molecule has 0 bridgehead atoms. The smallest absolute Gasteiger partial charge is 0.152 e. The lowest BCUT2D eigenvalue weighted by atomic mass is 10.0. The number of hydrogen-bond acceptors (Lipinski definition) is 1. The molecule has 0 amide bonds. The van der Waals surface area contributed by atoms with Crippen LogP contribution < -0.4 is 0 Å². The number of benzene rings is 3. The number of nitrogens with one attached hydrogen (secondary N) is 2. The second-order valence-electron chi connectivity index (χ2n) is 6.52. The normalized spacial score (nSPS) is 11.6. The molecule has 0 saturated carbocycles. The van der Waals surface area contributed by atoms with Gasteiger partial charge < -0.3 is 9.97 Å². The van der Waals surface area contributed by atoms with Crippen molar-refractivity contribution >= 4 is 39.0 Å². The molecule has 0 saturated heterocycles. The molecule has 0 radical (unpaired) electrons. The highest BCUT2D eigenvalue weighted by Crippen LogP contribution is 2.34. The third-order valence-electron chi connectivity index (χ3n) is 4.97. The van der Waals surface area contributed by atoms with Gasteiger partial charge in [0.1, 0.15) is 0 Å². The van der Waals surface area contributed by atoms with Crippen LogP contribution in [0.4, 0.5) is 0 Å². The van der Waals surface area contributed by atoms with Gasteiger partial charge in [0.15, 0.2) is 6.29 Å². The maximum Gasteiger partial charge on any atom is 0.152 e. The molecule has 5 aromatic rings. The first-order valence-electron chi connectivity index (χ1n) is 8.32. The molecule has 0 aliphatic carbocycles. The Bertz CT molecular complexity index is 1260. The molecule has 0 spiro atoms. The summed E-state index contributed by atoms with van der Waals surface area (Å²) in [6.45, 7) is 2.10. The summed E-state index contributed by atoms with van der Waals surface area (Å²) in [4.78, 5) is 17.9. The zero-order chi connectivity index (χ0) is 17.0. The number of aryl methyl sites for hydroxylation is 1. The van der Waals surface area contributed by atoms with Crippen LogP contribution in [0, 0.1) is 6.92 Å².